The Morgan fingerprint density at radius 2 is 1.86 bits per heavy atom. The van der Waals surface area contributed by atoms with Crippen molar-refractivity contribution in [2.75, 3.05) is 7.11 Å². The molecule has 2 aromatic carbocycles. The van der Waals surface area contributed by atoms with Gasteiger partial charge < -0.3 is 10.5 Å². The zero-order valence-electron chi connectivity index (χ0n) is 12.2. The van der Waals surface area contributed by atoms with Crippen LogP contribution in [-0.2, 0) is 12.8 Å². The number of ether oxygens (including phenoxy) is 1. The SMILES string of the molecule is COc1cccc(F)c1C(N)c1ccc2c(c1)CCCC2. The van der Waals surface area contributed by atoms with Gasteiger partial charge in [0.1, 0.15) is 11.6 Å². The highest BCUT2D eigenvalue weighted by Gasteiger charge is 2.20. The molecule has 2 N–H and O–H groups in total. The molecule has 0 heterocycles. The van der Waals surface area contributed by atoms with Crippen molar-refractivity contribution in [3.63, 3.8) is 0 Å². The molecule has 21 heavy (non-hydrogen) atoms. The maximum atomic E-state index is 14.2. The molecule has 110 valence electrons. The van der Waals surface area contributed by atoms with Gasteiger partial charge in [0.25, 0.3) is 0 Å². The van der Waals surface area contributed by atoms with E-state index in [1.54, 1.807) is 12.1 Å². The van der Waals surface area contributed by atoms with Crippen molar-refractivity contribution in [1.29, 1.82) is 0 Å². The fourth-order valence-electron chi connectivity index (χ4n) is 3.11. The van der Waals surface area contributed by atoms with Gasteiger partial charge in [-0.05, 0) is 54.5 Å². The van der Waals surface area contributed by atoms with Gasteiger partial charge in [0.15, 0.2) is 0 Å². The molecular weight excluding hydrogens is 265 g/mol. The second-order valence-electron chi connectivity index (χ2n) is 5.57. The van der Waals surface area contributed by atoms with E-state index >= 15 is 0 Å². The fraction of sp³-hybridized carbons (Fsp3) is 0.333. The highest BCUT2D eigenvalue weighted by atomic mass is 19.1. The van der Waals surface area contributed by atoms with Crippen LogP contribution in [-0.4, -0.2) is 7.11 Å². The minimum absolute atomic E-state index is 0.320. The number of hydrogen-bond acceptors (Lipinski definition) is 2. The lowest BCUT2D eigenvalue weighted by Gasteiger charge is -2.21. The largest absolute Gasteiger partial charge is 0.496 e. The Morgan fingerprint density at radius 1 is 1.10 bits per heavy atom. The molecule has 3 heteroatoms. The van der Waals surface area contributed by atoms with Crippen LogP contribution in [0.5, 0.6) is 5.75 Å². The third-order valence-corrected chi connectivity index (χ3v) is 4.28. The van der Waals surface area contributed by atoms with E-state index in [9.17, 15) is 4.39 Å². The van der Waals surface area contributed by atoms with E-state index in [0.29, 0.717) is 11.3 Å². The highest BCUT2D eigenvalue weighted by molar-refractivity contribution is 5.44. The van der Waals surface area contributed by atoms with Crippen molar-refractivity contribution in [3.8, 4) is 5.75 Å². The number of methoxy groups -OCH3 is 1. The van der Waals surface area contributed by atoms with Crippen molar-refractivity contribution in [3.05, 3.63) is 64.5 Å². The molecule has 0 aliphatic heterocycles. The topological polar surface area (TPSA) is 35.2 Å². The molecule has 3 rings (SSSR count). The molecule has 0 amide bonds. The van der Waals surface area contributed by atoms with E-state index in [2.05, 4.69) is 12.1 Å². The standard InChI is InChI=1S/C18H20FNO/c1-21-16-8-4-7-15(19)17(16)18(20)14-10-9-12-5-2-3-6-13(12)11-14/h4,7-11,18H,2-3,5-6,20H2,1H3. The molecule has 1 aliphatic rings. The third kappa shape index (κ3) is 2.66. The maximum absolute atomic E-state index is 14.2. The maximum Gasteiger partial charge on any atom is 0.132 e. The van der Waals surface area contributed by atoms with Crippen molar-refractivity contribution in [2.24, 2.45) is 5.73 Å². The highest BCUT2D eigenvalue weighted by Crippen LogP contribution is 2.32. The number of aryl methyl sites for hydroxylation is 2. The summed E-state index contributed by atoms with van der Waals surface area (Å²) in [6.07, 6.45) is 4.69. The summed E-state index contributed by atoms with van der Waals surface area (Å²) in [6, 6.07) is 10.6. The van der Waals surface area contributed by atoms with Crippen LogP contribution in [0.3, 0.4) is 0 Å². The van der Waals surface area contributed by atoms with Gasteiger partial charge in [0.2, 0.25) is 0 Å². The minimum Gasteiger partial charge on any atom is -0.496 e. The summed E-state index contributed by atoms with van der Waals surface area (Å²) >= 11 is 0. The monoisotopic (exact) mass is 285 g/mol. The average molecular weight is 285 g/mol. The zero-order chi connectivity index (χ0) is 14.8. The molecule has 1 unspecified atom stereocenters. The summed E-state index contributed by atoms with van der Waals surface area (Å²) < 4.78 is 19.4. The molecule has 0 aromatic heterocycles. The van der Waals surface area contributed by atoms with Gasteiger partial charge >= 0.3 is 0 Å². The summed E-state index contributed by atoms with van der Waals surface area (Å²) in [7, 11) is 1.54. The Hall–Kier alpha value is -1.87. The summed E-state index contributed by atoms with van der Waals surface area (Å²) in [5.74, 6) is 0.180. The normalized spacial score (nSPS) is 15.4. The predicted octanol–water partition coefficient (Wildman–Crippen LogP) is 3.76. The van der Waals surface area contributed by atoms with Crippen LogP contribution < -0.4 is 10.5 Å². The van der Waals surface area contributed by atoms with E-state index in [0.717, 1.165) is 18.4 Å². The van der Waals surface area contributed by atoms with Gasteiger partial charge in [-0.15, -0.1) is 0 Å². The lowest BCUT2D eigenvalue weighted by Crippen LogP contribution is -2.16. The van der Waals surface area contributed by atoms with Crippen molar-refractivity contribution in [1.82, 2.24) is 0 Å². The van der Waals surface area contributed by atoms with Crippen molar-refractivity contribution in [2.45, 2.75) is 31.7 Å². The fourth-order valence-corrected chi connectivity index (χ4v) is 3.11. The van der Waals surface area contributed by atoms with Gasteiger partial charge in [-0.1, -0.05) is 24.3 Å². The van der Waals surface area contributed by atoms with Crippen LogP contribution in [0.4, 0.5) is 4.39 Å². The molecule has 2 nitrogen and oxygen atoms in total. The predicted molar refractivity (Wildman–Crippen MR) is 82.1 cm³/mol. The smallest absolute Gasteiger partial charge is 0.132 e. The first-order valence-electron chi connectivity index (χ1n) is 7.40. The Balaban J connectivity index is 2.01. The molecule has 0 saturated carbocycles. The Kier molecular flexibility index (Phi) is 3.93. The first kappa shape index (κ1) is 14.1. The zero-order valence-corrected chi connectivity index (χ0v) is 12.2. The van der Waals surface area contributed by atoms with E-state index in [-0.39, 0.29) is 5.82 Å². The van der Waals surface area contributed by atoms with E-state index in [1.165, 1.54) is 37.1 Å². The number of hydrogen-bond donors (Lipinski definition) is 1. The number of rotatable bonds is 3. The second kappa shape index (κ2) is 5.86. The van der Waals surface area contributed by atoms with Gasteiger partial charge in [-0.2, -0.15) is 0 Å². The van der Waals surface area contributed by atoms with Crippen LogP contribution in [0.2, 0.25) is 0 Å². The van der Waals surface area contributed by atoms with Crippen LogP contribution in [0.25, 0.3) is 0 Å². The molecule has 0 radical (unpaired) electrons. The van der Waals surface area contributed by atoms with E-state index in [4.69, 9.17) is 10.5 Å². The molecular formula is C18H20FNO. The first-order chi connectivity index (χ1) is 10.2. The Morgan fingerprint density at radius 3 is 2.62 bits per heavy atom. The minimum atomic E-state index is -0.506. The summed E-state index contributed by atoms with van der Waals surface area (Å²) in [6.45, 7) is 0. The van der Waals surface area contributed by atoms with Gasteiger partial charge in [0, 0.05) is 0 Å². The van der Waals surface area contributed by atoms with Crippen LogP contribution in [0, 0.1) is 5.82 Å². The van der Waals surface area contributed by atoms with Crippen LogP contribution >= 0.6 is 0 Å². The second-order valence-corrected chi connectivity index (χ2v) is 5.57. The van der Waals surface area contributed by atoms with E-state index in [1.807, 2.05) is 6.07 Å². The summed E-state index contributed by atoms with van der Waals surface area (Å²) in [5.41, 5.74) is 10.4. The number of halogens is 1. The molecule has 1 atom stereocenters. The average Bonchev–Trinajstić information content (AvgIpc) is 2.53. The summed E-state index contributed by atoms with van der Waals surface area (Å²) in [5, 5.41) is 0. The number of benzene rings is 2. The number of nitrogens with two attached hydrogens (primary N) is 1. The van der Waals surface area contributed by atoms with Crippen LogP contribution in [0.15, 0.2) is 36.4 Å². The Bertz CT molecular complexity index is 654. The lowest BCUT2D eigenvalue weighted by atomic mass is 9.88. The molecule has 1 aliphatic carbocycles. The quantitative estimate of drug-likeness (QED) is 0.932. The third-order valence-electron chi connectivity index (χ3n) is 4.28. The van der Waals surface area contributed by atoms with Crippen molar-refractivity contribution >= 4 is 0 Å². The van der Waals surface area contributed by atoms with Gasteiger partial charge in [-0.3, -0.25) is 0 Å². The molecule has 0 bridgehead atoms. The molecule has 0 fully saturated rings. The molecule has 0 saturated heterocycles. The molecule has 0 spiro atoms. The van der Waals surface area contributed by atoms with Crippen molar-refractivity contribution < 1.29 is 9.13 Å². The Labute approximate surface area is 124 Å². The number of fused-ring (bicyclic) bond motifs is 1. The molecule has 2 aromatic rings. The first-order valence-corrected chi connectivity index (χ1v) is 7.40. The summed E-state index contributed by atoms with van der Waals surface area (Å²) in [4.78, 5) is 0. The lowest BCUT2D eigenvalue weighted by molar-refractivity contribution is 0.402. The van der Waals surface area contributed by atoms with Crippen LogP contribution in [0.1, 0.15) is 41.1 Å². The van der Waals surface area contributed by atoms with E-state index < -0.39 is 6.04 Å². The van der Waals surface area contributed by atoms with Gasteiger partial charge in [0.05, 0.1) is 18.7 Å². The van der Waals surface area contributed by atoms with Gasteiger partial charge in [-0.25, -0.2) is 4.39 Å².